The lowest BCUT2D eigenvalue weighted by Gasteiger charge is -2.34. The van der Waals surface area contributed by atoms with Gasteiger partial charge in [0, 0.05) is 20.1 Å². The van der Waals surface area contributed by atoms with Crippen LogP contribution in [0.3, 0.4) is 0 Å². The molecule has 0 bridgehead atoms. The number of carbonyl (C=O) groups excluding carboxylic acids is 1. The predicted octanol–water partition coefficient (Wildman–Crippen LogP) is 1.91. The van der Waals surface area contributed by atoms with Crippen molar-refractivity contribution in [1.29, 1.82) is 0 Å². The van der Waals surface area contributed by atoms with Gasteiger partial charge in [-0.05, 0) is 57.0 Å². The lowest BCUT2D eigenvalue weighted by molar-refractivity contribution is 0.163. The minimum Gasteiger partial charge on any atom is -0.323 e. The van der Waals surface area contributed by atoms with Gasteiger partial charge in [0.15, 0.2) is 0 Å². The molecule has 3 rings (SSSR count). The Labute approximate surface area is 116 Å². The van der Waals surface area contributed by atoms with E-state index in [4.69, 9.17) is 0 Å². The van der Waals surface area contributed by atoms with Gasteiger partial charge in [-0.3, -0.25) is 0 Å². The van der Waals surface area contributed by atoms with Crippen LogP contribution in [0.25, 0.3) is 0 Å². The van der Waals surface area contributed by atoms with Gasteiger partial charge in [-0.2, -0.15) is 0 Å². The van der Waals surface area contributed by atoms with Crippen LogP contribution >= 0.6 is 0 Å². The average Bonchev–Trinajstić information content (AvgIpc) is 2.64. The third-order valence-corrected chi connectivity index (χ3v) is 5.38. The fraction of sp³-hybridized carbons (Fsp3) is 0.933. The van der Waals surface area contributed by atoms with E-state index in [0.717, 1.165) is 31.5 Å². The Hall–Kier alpha value is -0.770. The van der Waals surface area contributed by atoms with E-state index in [1.165, 1.54) is 45.1 Å². The van der Waals surface area contributed by atoms with Crippen molar-refractivity contribution >= 4 is 6.03 Å². The Morgan fingerprint density at radius 2 is 2.11 bits per heavy atom. The third-order valence-electron chi connectivity index (χ3n) is 5.38. The van der Waals surface area contributed by atoms with E-state index < -0.39 is 0 Å². The first-order valence-corrected chi connectivity index (χ1v) is 7.98. The summed E-state index contributed by atoms with van der Waals surface area (Å²) in [5.41, 5.74) is 0. The van der Waals surface area contributed by atoms with Crippen LogP contribution in [0.2, 0.25) is 0 Å². The van der Waals surface area contributed by atoms with Gasteiger partial charge >= 0.3 is 6.03 Å². The van der Waals surface area contributed by atoms with Gasteiger partial charge in [-0.25, -0.2) is 4.79 Å². The lowest BCUT2D eigenvalue weighted by atomic mass is 9.79. The molecule has 3 fully saturated rings. The van der Waals surface area contributed by atoms with E-state index in [1.54, 1.807) is 0 Å². The SMILES string of the molecule is CN1C(=O)N(CCC2CCCNC2)CC1C1CCC1. The van der Waals surface area contributed by atoms with Crippen molar-refractivity contribution in [3.8, 4) is 0 Å². The molecule has 2 saturated heterocycles. The quantitative estimate of drug-likeness (QED) is 0.843. The van der Waals surface area contributed by atoms with E-state index in [9.17, 15) is 4.79 Å². The maximum atomic E-state index is 12.3. The molecule has 0 radical (unpaired) electrons. The molecule has 1 saturated carbocycles. The summed E-state index contributed by atoms with van der Waals surface area (Å²) in [5, 5.41) is 3.46. The number of piperidine rings is 1. The fourth-order valence-electron chi connectivity index (χ4n) is 3.78. The second-order valence-electron chi connectivity index (χ2n) is 6.60. The topological polar surface area (TPSA) is 35.6 Å². The smallest absolute Gasteiger partial charge is 0.320 e. The number of nitrogens with one attached hydrogen (secondary N) is 1. The maximum absolute atomic E-state index is 12.3. The Morgan fingerprint density at radius 3 is 2.74 bits per heavy atom. The van der Waals surface area contributed by atoms with Crippen LogP contribution < -0.4 is 5.32 Å². The van der Waals surface area contributed by atoms with E-state index in [-0.39, 0.29) is 6.03 Å². The summed E-state index contributed by atoms with van der Waals surface area (Å²) in [6.07, 6.45) is 7.80. The highest BCUT2D eigenvalue weighted by atomic mass is 16.2. The first kappa shape index (κ1) is 13.2. The number of carbonyl (C=O) groups is 1. The number of amides is 2. The van der Waals surface area contributed by atoms with Crippen molar-refractivity contribution in [1.82, 2.24) is 15.1 Å². The van der Waals surface area contributed by atoms with Crippen LogP contribution in [0.5, 0.6) is 0 Å². The summed E-state index contributed by atoms with van der Waals surface area (Å²) in [6, 6.07) is 0.756. The minimum absolute atomic E-state index is 0.265. The molecule has 3 aliphatic rings. The fourth-order valence-corrected chi connectivity index (χ4v) is 3.78. The van der Waals surface area contributed by atoms with Crippen LogP contribution in [-0.2, 0) is 0 Å². The van der Waals surface area contributed by atoms with Crippen LogP contribution in [0.15, 0.2) is 0 Å². The minimum atomic E-state index is 0.265. The summed E-state index contributed by atoms with van der Waals surface area (Å²) >= 11 is 0. The van der Waals surface area contributed by atoms with Gasteiger partial charge < -0.3 is 15.1 Å². The van der Waals surface area contributed by atoms with E-state index in [1.807, 2.05) is 11.9 Å². The highest BCUT2D eigenvalue weighted by molar-refractivity contribution is 5.77. The molecular weight excluding hydrogens is 238 g/mol. The second kappa shape index (κ2) is 5.70. The van der Waals surface area contributed by atoms with E-state index >= 15 is 0 Å². The van der Waals surface area contributed by atoms with Crippen molar-refractivity contribution in [2.45, 2.75) is 44.6 Å². The van der Waals surface area contributed by atoms with Gasteiger partial charge in [0.2, 0.25) is 0 Å². The molecule has 1 aliphatic carbocycles. The molecule has 2 unspecified atom stereocenters. The third kappa shape index (κ3) is 2.73. The Kier molecular flexibility index (Phi) is 3.96. The summed E-state index contributed by atoms with van der Waals surface area (Å²) in [7, 11) is 1.99. The molecule has 2 atom stereocenters. The molecule has 0 aromatic rings. The number of rotatable bonds is 4. The number of likely N-dealkylation sites (N-methyl/N-ethyl adjacent to an activating group) is 1. The first-order valence-electron chi connectivity index (χ1n) is 7.98. The zero-order valence-corrected chi connectivity index (χ0v) is 12.1. The molecular formula is C15H27N3O. The van der Waals surface area contributed by atoms with E-state index in [0.29, 0.717) is 6.04 Å². The molecule has 4 nitrogen and oxygen atoms in total. The monoisotopic (exact) mass is 265 g/mol. The molecule has 1 N–H and O–H groups in total. The highest BCUT2D eigenvalue weighted by Crippen LogP contribution is 2.35. The average molecular weight is 265 g/mol. The summed E-state index contributed by atoms with van der Waals surface area (Å²) in [6.45, 7) is 4.24. The predicted molar refractivity (Wildman–Crippen MR) is 76.1 cm³/mol. The van der Waals surface area contributed by atoms with Crippen molar-refractivity contribution in [3.63, 3.8) is 0 Å². The van der Waals surface area contributed by atoms with Crippen LogP contribution in [-0.4, -0.2) is 55.1 Å². The van der Waals surface area contributed by atoms with Gasteiger partial charge in [-0.1, -0.05) is 6.42 Å². The number of hydrogen-bond acceptors (Lipinski definition) is 2. The van der Waals surface area contributed by atoms with Gasteiger partial charge in [-0.15, -0.1) is 0 Å². The number of urea groups is 1. The number of nitrogens with zero attached hydrogens (tertiary/aromatic N) is 2. The maximum Gasteiger partial charge on any atom is 0.320 e. The Bertz CT molecular complexity index is 323. The van der Waals surface area contributed by atoms with Gasteiger partial charge in [0.05, 0.1) is 6.04 Å². The Balaban J connectivity index is 1.49. The van der Waals surface area contributed by atoms with Gasteiger partial charge in [0.25, 0.3) is 0 Å². The van der Waals surface area contributed by atoms with Crippen molar-refractivity contribution in [3.05, 3.63) is 0 Å². The molecule has 19 heavy (non-hydrogen) atoms. The zero-order valence-electron chi connectivity index (χ0n) is 12.1. The summed E-state index contributed by atoms with van der Waals surface area (Å²) in [4.78, 5) is 16.4. The molecule has 108 valence electrons. The zero-order chi connectivity index (χ0) is 13.2. The van der Waals surface area contributed by atoms with Crippen LogP contribution in [0.1, 0.15) is 38.5 Å². The molecule has 0 aromatic carbocycles. The second-order valence-corrected chi connectivity index (χ2v) is 6.60. The van der Waals surface area contributed by atoms with Crippen molar-refractivity contribution in [2.75, 3.05) is 33.2 Å². The highest BCUT2D eigenvalue weighted by Gasteiger charge is 2.40. The summed E-state index contributed by atoms with van der Waals surface area (Å²) < 4.78 is 0. The number of hydrogen-bond donors (Lipinski definition) is 1. The molecule has 0 spiro atoms. The van der Waals surface area contributed by atoms with Gasteiger partial charge in [0.1, 0.15) is 0 Å². The molecule has 2 heterocycles. The normalized spacial score (nSPS) is 32.8. The molecule has 2 amide bonds. The Morgan fingerprint density at radius 1 is 1.26 bits per heavy atom. The summed E-state index contributed by atoms with van der Waals surface area (Å²) in [5.74, 6) is 1.55. The lowest BCUT2D eigenvalue weighted by Crippen LogP contribution is -2.39. The standard InChI is InChI=1S/C15H27N3O/c1-17-14(13-5-2-6-13)11-18(15(17)19)9-7-12-4-3-8-16-10-12/h12-14,16H,2-11H2,1H3. The van der Waals surface area contributed by atoms with E-state index in [2.05, 4.69) is 10.2 Å². The van der Waals surface area contributed by atoms with Crippen LogP contribution in [0.4, 0.5) is 4.79 Å². The molecule has 0 aromatic heterocycles. The van der Waals surface area contributed by atoms with Crippen molar-refractivity contribution in [2.24, 2.45) is 11.8 Å². The van der Waals surface area contributed by atoms with Crippen molar-refractivity contribution < 1.29 is 4.79 Å². The molecule has 4 heteroatoms. The largest absolute Gasteiger partial charge is 0.323 e. The molecule has 2 aliphatic heterocycles. The van der Waals surface area contributed by atoms with Crippen LogP contribution in [0, 0.1) is 11.8 Å². The first-order chi connectivity index (χ1) is 9.25.